The minimum Gasteiger partial charge on any atom is -0.357 e. The normalized spacial score (nSPS) is 11.6. The molecule has 0 atom stereocenters. The summed E-state index contributed by atoms with van der Waals surface area (Å²) in [5.74, 6) is 0. The lowest BCUT2D eigenvalue weighted by atomic mass is 10.7. The SMILES string of the molecule is CN(C)S(=O)(=O)NCCNC=O. The van der Waals surface area contributed by atoms with Gasteiger partial charge in [-0.1, -0.05) is 0 Å². The number of hydrogen-bond donors (Lipinski definition) is 2. The standard InChI is InChI=1S/C5H13N3O3S/c1-8(2)12(10,11)7-4-3-6-5-9/h5,7H,3-4H2,1-2H3,(H,6,9). The minimum absolute atomic E-state index is 0.194. The first-order valence-electron chi connectivity index (χ1n) is 3.35. The van der Waals surface area contributed by atoms with Crippen molar-refractivity contribution >= 4 is 16.6 Å². The van der Waals surface area contributed by atoms with Crippen LogP contribution in [0.4, 0.5) is 0 Å². The molecule has 0 heterocycles. The van der Waals surface area contributed by atoms with Crippen LogP contribution < -0.4 is 10.0 Å². The van der Waals surface area contributed by atoms with E-state index >= 15 is 0 Å². The molecule has 7 heteroatoms. The molecule has 0 aliphatic rings. The highest BCUT2D eigenvalue weighted by molar-refractivity contribution is 7.87. The molecule has 0 spiro atoms. The van der Waals surface area contributed by atoms with Crippen LogP contribution in [0.2, 0.25) is 0 Å². The third-order valence-corrected chi connectivity index (χ3v) is 2.65. The first-order chi connectivity index (χ1) is 5.50. The Hall–Kier alpha value is -0.660. The van der Waals surface area contributed by atoms with Crippen LogP contribution in [0.25, 0.3) is 0 Å². The summed E-state index contributed by atoms with van der Waals surface area (Å²) in [6.07, 6.45) is 0.518. The second-order valence-corrected chi connectivity index (χ2v) is 4.22. The average Bonchev–Trinajstić information content (AvgIpc) is 1.98. The van der Waals surface area contributed by atoms with Crippen molar-refractivity contribution in [3.63, 3.8) is 0 Å². The van der Waals surface area contributed by atoms with Crippen LogP contribution in [0, 0.1) is 0 Å². The maximum absolute atomic E-state index is 11.0. The van der Waals surface area contributed by atoms with E-state index in [1.807, 2.05) is 0 Å². The molecule has 0 rings (SSSR count). The molecule has 6 nitrogen and oxygen atoms in total. The molecule has 0 radical (unpaired) electrons. The monoisotopic (exact) mass is 195 g/mol. The van der Waals surface area contributed by atoms with E-state index in [1.54, 1.807) is 0 Å². The second kappa shape index (κ2) is 5.07. The number of carbonyl (C=O) groups excluding carboxylic acids is 1. The van der Waals surface area contributed by atoms with Gasteiger partial charge >= 0.3 is 0 Å². The van der Waals surface area contributed by atoms with Crippen molar-refractivity contribution in [1.82, 2.24) is 14.3 Å². The van der Waals surface area contributed by atoms with Gasteiger partial charge in [-0.05, 0) is 0 Å². The molecule has 0 unspecified atom stereocenters. The van der Waals surface area contributed by atoms with Crippen molar-refractivity contribution in [2.45, 2.75) is 0 Å². The van der Waals surface area contributed by atoms with Gasteiger partial charge in [0.05, 0.1) is 0 Å². The van der Waals surface area contributed by atoms with Gasteiger partial charge < -0.3 is 5.32 Å². The molecule has 2 N–H and O–H groups in total. The Morgan fingerprint density at radius 1 is 1.33 bits per heavy atom. The number of rotatable bonds is 6. The third-order valence-electron chi connectivity index (χ3n) is 1.12. The molecule has 0 saturated carbocycles. The number of nitrogens with zero attached hydrogens (tertiary/aromatic N) is 1. The zero-order valence-corrected chi connectivity index (χ0v) is 7.89. The maximum Gasteiger partial charge on any atom is 0.278 e. The predicted octanol–water partition coefficient (Wildman–Crippen LogP) is -1.87. The Bertz CT molecular complexity index is 224. The van der Waals surface area contributed by atoms with Crippen LogP contribution in [0.3, 0.4) is 0 Å². The van der Waals surface area contributed by atoms with Crippen LogP contribution in [-0.2, 0) is 15.0 Å². The molecule has 12 heavy (non-hydrogen) atoms. The van der Waals surface area contributed by atoms with Crippen LogP contribution >= 0.6 is 0 Å². The van der Waals surface area contributed by atoms with Crippen LogP contribution in [0.5, 0.6) is 0 Å². The quantitative estimate of drug-likeness (QED) is 0.385. The summed E-state index contributed by atoms with van der Waals surface area (Å²) in [5.41, 5.74) is 0. The van der Waals surface area contributed by atoms with E-state index < -0.39 is 10.2 Å². The molecular formula is C5H13N3O3S. The molecule has 0 bridgehead atoms. The molecule has 0 aliphatic carbocycles. The lowest BCUT2D eigenvalue weighted by molar-refractivity contribution is -0.109. The summed E-state index contributed by atoms with van der Waals surface area (Å²) in [4.78, 5) is 9.76. The lowest BCUT2D eigenvalue weighted by Gasteiger charge is -2.11. The largest absolute Gasteiger partial charge is 0.357 e. The molecule has 0 aliphatic heterocycles. The summed E-state index contributed by atoms with van der Waals surface area (Å²) in [5, 5.41) is 2.33. The minimum atomic E-state index is -3.35. The number of amides is 1. The van der Waals surface area contributed by atoms with Gasteiger partial charge in [0.1, 0.15) is 0 Å². The summed E-state index contributed by atoms with van der Waals surface area (Å²) in [6, 6.07) is 0. The fourth-order valence-electron chi connectivity index (χ4n) is 0.440. The van der Waals surface area contributed by atoms with Crippen molar-refractivity contribution in [3.05, 3.63) is 0 Å². The lowest BCUT2D eigenvalue weighted by Crippen LogP contribution is -2.39. The Morgan fingerprint density at radius 2 is 1.92 bits per heavy atom. The third kappa shape index (κ3) is 4.27. The van der Waals surface area contributed by atoms with Crippen molar-refractivity contribution in [1.29, 1.82) is 0 Å². The van der Waals surface area contributed by atoms with Gasteiger partial charge in [0.15, 0.2) is 0 Å². The molecule has 0 aromatic heterocycles. The van der Waals surface area contributed by atoms with Gasteiger partial charge in [-0.2, -0.15) is 12.7 Å². The van der Waals surface area contributed by atoms with E-state index in [0.717, 1.165) is 4.31 Å². The van der Waals surface area contributed by atoms with Gasteiger partial charge in [-0.25, -0.2) is 4.72 Å². The first kappa shape index (κ1) is 11.3. The van der Waals surface area contributed by atoms with E-state index in [-0.39, 0.29) is 13.1 Å². The average molecular weight is 195 g/mol. The van der Waals surface area contributed by atoms with E-state index in [2.05, 4.69) is 10.0 Å². The number of carbonyl (C=O) groups is 1. The Kier molecular flexibility index (Phi) is 4.79. The second-order valence-electron chi connectivity index (χ2n) is 2.25. The van der Waals surface area contributed by atoms with Gasteiger partial charge in [-0.15, -0.1) is 0 Å². The van der Waals surface area contributed by atoms with E-state index in [1.165, 1.54) is 14.1 Å². The molecule has 0 aromatic rings. The molecule has 0 aromatic carbocycles. The summed E-state index contributed by atoms with van der Waals surface area (Å²) < 4.78 is 25.3. The summed E-state index contributed by atoms with van der Waals surface area (Å²) >= 11 is 0. The predicted molar refractivity (Wildman–Crippen MR) is 44.7 cm³/mol. The van der Waals surface area contributed by atoms with Gasteiger partial charge in [0.2, 0.25) is 6.41 Å². The zero-order chi connectivity index (χ0) is 9.61. The number of hydrogen-bond acceptors (Lipinski definition) is 3. The first-order valence-corrected chi connectivity index (χ1v) is 4.79. The highest BCUT2D eigenvalue weighted by Crippen LogP contribution is 1.85. The Morgan fingerprint density at radius 3 is 2.33 bits per heavy atom. The van der Waals surface area contributed by atoms with E-state index in [0.29, 0.717) is 6.41 Å². The fraction of sp³-hybridized carbons (Fsp3) is 0.800. The topological polar surface area (TPSA) is 78.5 Å². The highest BCUT2D eigenvalue weighted by atomic mass is 32.2. The van der Waals surface area contributed by atoms with Crippen molar-refractivity contribution in [2.24, 2.45) is 0 Å². The van der Waals surface area contributed by atoms with Crippen molar-refractivity contribution < 1.29 is 13.2 Å². The van der Waals surface area contributed by atoms with E-state index in [4.69, 9.17) is 0 Å². The van der Waals surface area contributed by atoms with Gasteiger partial charge in [0, 0.05) is 27.2 Å². The number of nitrogens with one attached hydrogen (secondary N) is 2. The smallest absolute Gasteiger partial charge is 0.278 e. The van der Waals surface area contributed by atoms with Gasteiger partial charge in [0.25, 0.3) is 10.2 Å². The Balaban J connectivity index is 3.70. The van der Waals surface area contributed by atoms with Crippen LogP contribution in [0.1, 0.15) is 0 Å². The van der Waals surface area contributed by atoms with E-state index in [9.17, 15) is 13.2 Å². The van der Waals surface area contributed by atoms with Crippen LogP contribution in [-0.4, -0.2) is 46.3 Å². The molecule has 0 saturated heterocycles. The molecule has 72 valence electrons. The van der Waals surface area contributed by atoms with Gasteiger partial charge in [-0.3, -0.25) is 4.79 Å². The molecule has 0 fully saturated rings. The summed E-state index contributed by atoms with van der Waals surface area (Å²) in [7, 11) is -0.499. The Labute approximate surface area is 72.1 Å². The molecular weight excluding hydrogens is 182 g/mol. The fourth-order valence-corrected chi connectivity index (χ4v) is 1.06. The highest BCUT2D eigenvalue weighted by Gasteiger charge is 2.10. The zero-order valence-electron chi connectivity index (χ0n) is 7.07. The summed E-state index contributed by atoms with van der Waals surface area (Å²) in [6.45, 7) is 0.482. The molecule has 1 amide bonds. The van der Waals surface area contributed by atoms with Crippen molar-refractivity contribution in [2.75, 3.05) is 27.2 Å². The van der Waals surface area contributed by atoms with Crippen molar-refractivity contribution in [3.8, 4) is 0 Å². The van der Waals surface area contributed by atoms with Crippen LogP contribution in [0.15, 0.2) is 0 Å². The maximum atomic E-state index is 11.0.